The van der Waals surface area contributed by atoms with Crippen LogP contribution in [0.25, 0.3) is 0 Å². The molecule has 2 atom stereocenters. The van der Waals surface area contributed by atoms with Crippen molar-refractivity contribution in [1.82, 2.24) is 4.90 Å². The lowest BCUT2D eigenvalue weighted by Gasteiger charge is -2.35. The Morgan fingerprint density at radius 1 is 1.19 bits per heavy atom. The Morgan fingerprint density at radius 2 is 1.85 bits per heavy atom. The van der Waals surface area contributed by atoms with E-state index in [1.807, 2.05) is 0 Å². The number of nitrogens with zero attached hydrogens (tertiary/aromatic N) is 1. The van der Waals surface area contributed by atoms with Crippen molar-refractivity contribution in [1.29, 1.82) is 0 Å². The van der Waals surface area contributed by atoms with Crippen LogP contribution in [0.15, 0.2) is 24.3 Å². The molecule has 2 heterocycles. The summed E-state index contributed by atoms with van der Waals surface area (Å²) in [7, 11) is 0. The first-order chi connectivity index (χ1) is 12.9. The SMILES string of the molecule is O=C(O)C1CCO[C@H]1C1CCN(C(=O)Cc2ccc(OC(F)F)cc2)CC1. The van der Waals surface area contributed by atoms with Gasteiger partial charge in [-0.3, -0.25) is 9.59 Å². The van der Waals surface area contributed by atoms with Crippen LogP contribution in [0.3, 0.4) is 0 Å². The van der Waals surface area contributed by atoms with Gasteiger partial charge in [-0.25, -0.2) is 0 Å². The standard InChI is InChI=1S/C19H23F2NO5/c20-19(21)27-14-3-1-12(2-4-14)11-16(23)22-8-5-13(6-9-22)17-15(18(24)25)7-10-26-17/h1-4,13,15,17,19H,5-11H2,(H,24,25)/t15?,17-/m0/s1. The molecule has 0 aromatic heterocycles. The van der Waals surface area contributed by atoms with E-state index in [4.69, 9.17) is 4.74 Å². The summed E-state index contributed by atoms with van der Waals surface area (Å²) in [4.78, 5) is 25.6. The lowest BCUT2D eigenvalue weighted by Crippen LogP contribution is -2.43. The first-order valence-corrected chi connectivity index (χ1v) is 9.10. The highest BCUT2D eigenvalue weighted by molar-refractivity contribution is 5.79. The number of carbonyl (C=O) groups excluding carboxylic acids is 1. The van der Waals surface area contributed by atoms with Crippen LogP contribution in [0, 0.1) is 11.8 Å². The highest BCUT2D eigenvalue weighted by atomic mass is 19.3. The van der Waals surface area contributed by atoms with E-state index in [1.165, 1.54) is 12.1 Å². The van der Waals surface area contributed by atoms with Crippen molar-refractivity contribution in [2.75, 3.05) is 19.7 Å². The van der Waals surface area contributed by atoms with Crippen LogP contribution in [0.2, 0.25) is 0 Å². The van der Waals surface area contributed by atoms with Crippen LogP contribution in [-0.2, 0) is 20.7 Å². The Morgan fingerprint density at radius 3 is 2.44 bits per heavy atom. The van der Waals surface area contributed by atoms with Gasteiger partial charge in [-0.15, -0.1) is 0 Å². The van der Waals surface area contributed by atoms with Gasteiger partial charge in [0, 0.05) is 19.7 Å². The van der Waals surface area contributed by atoms with Crippen LogP contribution in [0.4, 0.5) is 8.78 Å². The van der Waals surface area contributed by atoms with Gasteiger partial charge in [-0.1, -0.05) is 12.1 Å². The normalized spacial score (nSPS) is 23.6. The van der Waals surface area contributed by atoms with E-state index < -0.39 is 18.5 Å². The summed E-state index contributed by atoms with van der Waals surface area (Å²) in [6.45, 7) is -1.25. The smallest absolute Gasteiger partial charge is 0.387 e. The molecule has 0 saturated carbocycles. The molecule has 2 aliphatic rings. The van der Waals surface area contributed by atoms with Crippen LogP contribution < -0.4 is 4.74 Å². The first-order valence-electron chi connectivity index (χ1n) is 9.10. The number of hydrogen-bond acceptors (Lipinski definition) is 4. The highest BCUT2D eigenvalue weighted by Gasteiger charge is 2.40. The number of piperidine rings is 1. The number of ether oxygens (including phenoxy) is 2. The predicted molar refractivity (Wildman–Crippen MR) is 91.6 cm³/mol. The molecule has 1 unspecified atom stereocenters. The van der Waals surface area contributed by atoms with Crippen LogP contribution in [0.5, 0.6) is 5.75 Å². The molecule has 3 rings (SSSR count). The van der Waals surface area contributed by atoms with Gasteiger partial charge < -0.3 is 19.5 Å². The maximum Gasteiger partial charge on any atom is 0.387 e. The Labute approximate surface area is 156 Å². The van der Waals surface area contributed by atoms with Crippen molar-refractivity contribution in [3.8, 4) is 5.75 Å². The van der Waals surface area contributed by atoms with Gasteiger partial charge in [0.2, 0.25) is 5.91 Å². The summed E-state index contributed by atoms with van der Waals surface area (Å²) in [6, 6.07) is 6.05. The maximum absolute atomic E-state index is 12.5. The molecule has 0 radical (unpaired) electrons. The van der Waals surface area contributed by atoms with Crippen molar-refractivity contribution < 1.29 is 33.0 Å². The number of aliphatic carboxylic acids is 1. The zero-order chi connectivity index (χ0) is 19.4. The predicted octanol–water partition coefficient (Wildman–Crippen LogP) is 2.56. The Kier molecular flexibility index (Phi) is 6.26. The molecule has 0 bridgehead atoms. The largest absolute Gasteiger partial charge is 0.481 e. The summed E-state index contributed by atoms with van der Waals surface area (Å²) < 4.78 is 34.3. The monoisotopic (exact) mass is 383 g/mol. The summed E-state index contributed by atoms with van der Waals surface area (Å²) in [5.74, 6) is -1.07. The van der Waals surface area contributed by atoms with E-state index in [-0.39, 0.29) is 30.1 Å². The second-order valence-electron chi connectivity index (χ2n) is 6.99. The van der Waals surface area contributed by atoms with E-state index in [9.17, 15) is 23.5 Å². The number of benzene rings is 1. The van der Waals surface area contributed by atoms with Crippen LogP contribution in [0.1, 0.15) is 24.8 Å². The second kappa shape index (κ2) is 8.65. The number of amides is 1. The minimum absolute atomic E-state index is 0.0295. The molecule has 8 heteroatoms. The van der Waals surface area contributed by atoms with E-state index in [0.29, 0.717) is 26.1 Å². The first kappa shape index (κ1) is 19.5. The van der Waals surface area contributed by atoms with E-state index >= 15 is 0 Å². The Bertz CT molecular complexity index is 659. The van der Waals surface area contributed by atoms with Gasteiger partial charge >= 0.3 is 12.6 Å². The third-order valence-corrected chi connectivity index (χ3v) is 5.31. The molecule has 2 saturated heterocycles. The molecule has 1 aromatic rings. The fourth-order valence-electron chi connectivity index (χ4n) is 3.89. The number of rotatable bonds is 6. The van der Waals surface area contributed by atoms with Crippen molar-refractivity contribution in [2.45, 2.75) is 38.4 Å². The molecular formula is C19H23F2NO5. The number of carboxylic acid groups (broad SMARTS) is 1. The summed E-state index contributed by atoms with van der Waals surface area (Å²) >= 11 is 0. The maximum atomic E-state index is 12.5. The number of alkyl halides is 2. The fraction of sp³-hybridized carbons (Fsp3) is 0.579. The molecule has 2 fully saturated rings. The molecule has 1 aromatic carbocycles. The minimum Gasteiger partial charge on any atom is -0.481 e. The number of likely N-dealkylation sites (tertiary alicyclic amines) is 1. The number of hydrogen-bond donors (Lipinski definition) is 1. The van der Waals surface area contributed by atoms with Crippen LogP contribution >= 0.6 is 0 Å². The fourth-order valence-corrected chi connectivity index (χ4v) is 3.89. The topological polar surface area (TPSA) is 76.1 Å². The molecule has 2 aliphatic heterocycles. The number of halogens is 2. The van der Waals surface area contributed by atoms with E-state index in [2.05, 4.69) is 4.74 Å². The third-order valence-electron chi connectivity index (χ3n) is 5.31. The van der Waals surface area contributed by atoms with Crippen molar-refractivity contribution in [2.24, 2.45) is 11.8 Å². The van der Waals surface area contributed by atoms with Crippen LogP contribution in [-0.4, -0.2) is 54.3 Å². The van der Waals surface area contributed by atoms with Gasteiger partial charge in [0.1, 0.15) is 5.75 Å². The molecule has 6 nitrogen and oxygen atoms in total. The molecule has 0 aliphatic carbocycles. The highest BCUT2D eigenvalue weighted by Crippen LogP contribution is 2.33. The van der Waals surface area contributed by atoms with Gasteiger partial charge in [0.15, 0.2) is 0 Å². The van der Waals surface area contributed by atoms with Crippen molar-refractivity contribution in [3.05, 3.63) is 29.8 Å². The van der Waals surface area contributed by atoms with Gasteiger partial charge in [-0.2, -0.15) is 8.78 Å². The lowest BCUT2D eigenvalue weighted by molar-refractivity contribution is -0.145. The quantitative estimate of drug-likeness (QED) is 0.817. The summed E-state index contributed by atoms with van der Waals surface area (Å²) in [5, 5.41) is 9.29. The third kappa shape index (κ3) is 4.94. The molecule has 1 N–H and O–H groups in total. The summed E-state index contributed by atoms with van der Waals surface area (Å²) in [6.07, 6.45) is 1.92. The molecular weight excluding hydrogens is 360 g/mol. The number of carboxylic acids is 1. The molecule has 1 amide bonds. The van der Waals surface area contributed by atoms with E-state index in [1.54, 1.807) is 17.0 Å². The zero-order valence-corrected chi connectivity index (χ0v) is 14.9. The van der Waals surface area contributed by atoms with Gasteiger partial charge in [-0.05, 0) is 42.9 Å². The lowest BCUT2D eigenvalue weighted by atomic mass is 9.84. The Balaban J connectivity index is 1.49. The van der Waals surface area contributed by atoms with Gasteiger partial charge in [0.05, 0.1) is 18.4 Å². The van der Waals surface area contributed by atoms with E-state index in [0.717, 1.165) is 18.4 Å². The van der Waals surface area contributed by atoms with Crippen molar-refractivity contribution >= 4 is 11.9 Å². The zero-order valence-electron chi connectivity index (χ0n) is 14.9. The molecule has 148 valence electrons. The van der Waals surface area contributed by atoms with Crippen molar-refractivity contribution in [3.63, 3.8) is 0 Å². The minimum atomic E-state index is -2.87. The average Bonchev–Trinajstić information content (AvgIpc) is 3.13. The molecule has 0 spiro atoms. The second-order valence-corrected chi connectivity index (χ2v) is 6.99. The van der Waals surface area contributed by atoms with Gasteiger partial charge in [0.25, 0.3) is 0 Å². The Hall–Kier alpha value is -2.22. The number of carbonyl (C=O) groups is 2. The molecule has 27 heavy (non-hydrogen) atoms. The average molecular weight is 383 g/mol. The summed E-state index contributed by atoms with van der Waals surface area (Å²) in [5.41, 5.74) is 0.730.